The molecule has 0 atom stereocenters. The van der Waals surface area contributed by atoms with Crippen LogP contribution in [0, 0.1) is 10.1 Å². The molecule has 100 valence electrons. The van der Waals surface area contributed by atoms with Gasteiger partial charge < -0.3 is 15.0 Å². The van der Waals surface area contributed by atoms with Crippen molar-refractivity contribution in [1.82, 2.24) is 4.90 Å². The molecule has 0 aliphatic heterocycles. The van der Waals surface area contributed by atoms with Gasteiger partial charge in [0.25, 0.3) is 0 Å². The molecule has 0 spiro atoms. The molecule has 1 aromatic rings. The summed E-state index contributed by atoms with van der Waals surface area (Å²) in [7, 11) is 5.42. The third-order valence-electron chi connectivity index (χ3n) is 2.50. The summed E-state index contributed by atoms with van der Waals surface area (Å²) in [6, 6.07) is 5.01. The van der Waals surface area contributed by atoms with Gasteiger partial charge in [0.1, 0.15) is 5.69 Å². The van der Waals surface area contributed by atoms with Crippen LogP contribution < -0.4 is 10.1 Å². The highest BCUT2D eigenvalue weighted by molar-refractivity contribution is 5.68. The highest BCUT2D eigenvalue weighted by Gasteiger charge is 2.19. The van der Waals surface area contributed by atoms with Crippen LogP contribution >= 0.6 is 0 Å². The maximum absolute atomic E-state index is 11.0. The average Bonchev–Trinajstić information content (AvgIpc) is 2.33. The smallest absolute Gasteiger partial charge is 0.333 e. The zero-order chi connectivity index (χ0) is 13.5. The van der Waals surface area contributed by atoms with Crippen LogP contribution in [0.2, 0.25) is 0 Å². The minimum Gasteiger partial charge on any atom is -0.490 e. The fraction of sp³-hybridized carbons (Fsp3) is 0.500. The first-order valence-electron chi connectivity index (χ1n) is 5.76. The molecule has 1 rings (SSSR count). The Morgan fingerprint density at radius 1 is 1.44 bits per heavy atom. The summed E-state index contributed by atoms with van der Waals surface area (Å²) < 4.78 is 5.00. The molecule has 0 aliphatic carbocycles. The molecule has 0 saturated heterocycles. The summed E-state index contributed by atoms with van der Waals surface area (Å²) >= 11 is 0. The third kappa shape index (κ3) is 3.89. The van der Waals surface area contributed by atoms with Gasteiger partial charge in [-0.3, -0.25) is 10.1 Å². The standard InChI is InChI=1S/C12H19N3O3/c1-14(2)9-5-8-13-10-6-4-7-11(18-3)12(10)15(16)17/h4,6-7,13H,5,8-9H2,1-3H3. The van der Waals surface area contributed by atoms with Gasteiger partial charge in [-0.1, -0.05) is 6.07 Å². The molecule has 0 saturated carbocycles. The molecule has 6 nitrogen and oxygen atoms in total. The Balaban J connectivity index is 2.72. The first-order chi connectivity index (χ1) is 8.56. The SMILES string of the molecule is COc1cccc(NCCCN(C)C)c1[N+](=O)[O-]. The number of nitrogens with one attached hydrogen (secondary N) is 1. The summed E-state index contributed by atoms with van der Waals surface area (Å²) in [5.41, 5.74) is 0.489. The minimum atomic E-state index is -0.423. The lowest BCUT2D eigenvalue weighted by molar-refractivity contribution is -0.384. The summed E-state index contributed by atoms with van der Waals surface area (Å²) in [5, 5.41) is 14.1. The summed E-state index contributed by atoms with van der Waals surface area (Å²) in [4.78, 5) is 12.7. The van der Waals surface area contributed by atoms with Gasteiger partial charge in [-0.05, 0) is 39.2 Å². The molecule has 0 fully saturated rings. The number of nitro benzene ring substituents is 1. The third-order valence-corrected chi connectivity index (χ3v) is 2.50. The van der Waals surface area contributed by atoms with Crippen molar-refractivity contribution in [2.75, 3.05) is 39.6 Å². The molecule has 0 amide bonds. The number of benzene rings is 1. The van der Waals surface area contributed by atoms with Crippen molar-refractivity contribution in [2.45, 2.75) is 6.42 Å². The topological polar surface area (TPSA) is 67.6 Å². The summed E-state index contributed by atoms with van der Waals surface area (Å²) in [6.45, 7) is 1.62. The molecule has 0 aromatic heterocycles. The average molecular weight is 253 g/mol. The Morgan fingerprint density at radius 2 is 2.17 bits per heavy atom. The van der Waals surface area contributed by atoms with Gasteiger partial charge in [-0.25, -0.2) is 0 Å². The van der Waals surface area contributed by atoms with E-state index in [4.69, 9.17) is 4.74 Å². The second kappa shape index (κ2) is 6.80. The van der Waals surface area contributed by atoms with E-state index < -0.39 is 4.92 Å². The highest BCUT2D eigenvalue weighted by atomic mass is 16.6. The Bertz CT molecular complexity index is 408. The van der Waals surface area contributed by atoms with E-state index in [0.29, 0.717) is 12.2 Å². The van der Waals surface area contributed by atoms with E-state index in [1.807, 2.05) is 14.1 Å². The number of para-hydroxylation sites is 1. The van der Waals surface area contributed by atoms with E-state index in [2.05, 4.69) is 10.2 Å². The molecular formula is C12H19N3O3. The molecule has 6 heteroatoms. The fourth-order valence-corrected chi connectivity index (χ4v) is 1.64. The summed E-state index contributed by atoms with van der Waals surface area (Å²) in [6.07, 6.45) is 0.918. The molecule has 0 unspecified atom stereocenters. The second-order valence-corrected chi connectivity index (χ2v) is 4.20. The van der Waals surface area contributed by atoms with Gasteiger partial charge in [-0.2, -0.15) is 0 Å². The predicted molar refractivity (Wildman–Crippen MR) is 71.3 cm³/mol. The van der Waals surface area contributed by atoms with Crippen molar-refractivity contribution < 1.29 is 9.66 Å². The van der Waals surface area contributed by atoms with Gasteiger partial charge >= 0.3 is 5.69 Å². The maximum Gasteiger partial charge on any atom is 0.333 e. The van der Waals surface area contributed by atoms with Crippen molar-refractivity contribution in [2.24, 2.45) is 0 Å². The first-order valence-corrected chi connectivity index (χ1v) is 5.76. The molecule has 1 aromatic carbocycles. The van der Waals surface area contributed by atoms with Crippen LogP contribution in [0.3, 0.4) is 0 Å². The predicted octanol–water partition coefficient (Wildman–Crippen LogP) is 1.97. The van der Waals surface area contributed by atoms with Crippen LogP contribution in [0.15, 0.2) is 18.2 Å². The fourth-order valence-electron chi connectivity index (χ4n) is 1.64. The highest BCUT2D eigenvalue weighted by Crippen LogP contribution is 2.34. The number of anilines is 1. The Labute approximate surface area is 107 Å². The van der Waals surface area contributed by atoms with Crippen molar-refractivity contribution in [1.29, 1.82) is 0 Å². The van der Waals surface area contributed by atoms with Crippen molar-refractivity contribution in [3.63, 3.8) is 0 Å². The zero-order valence-electron chi connectivity index (χ0n) is 11.0. The van der Waals surface area contributed by atoms with Crippen molar-refractivity contribution >= 4 is 11.4 Å². The van der Waals surface area contributed by atoms with Gasteiger partial charge in [0.15, 0.2) is 5.75 Å². The van der Waals surface area contributed by atoms with Crippen LogP contribution in [-0.4, -0.2) is 44.1 Å². The van der Waals surface area contributed by atoms with Crippen molar-refractivity contribution in [3.05, 3.63) is 28.3 Å². The Morgan fingerprint density at radius 3 is 2.72 bits per heavy atom. The number of nitrogens with zero attached hydrogens (tertiary/aromatic N) is 2. The van der Waals surface area contributed by atoms with Crippen molar-refractivity contribution in [3.8, 4) is 5.75 Å². The van der Waals surface area contributed by atoms with Gasteiger partial charge in [-0.15, -0.1) is 0 Å². The van der Waals surface area contributed by atoms with E-state index in [1.54, 1.807) is 18.2 Å². The van der Waals surface area contributed by atoms with Crippen LogP contribution in [0.1, 0.15) is 6.42 Å². The largest absolute Gasteiger partial charge is 0.490 e. The molecule has 0 bridgehead atoms. The summed E-state index contributed by atoms with van der Waals surface area (Å²) in [5.74, 6) is 0.276. The molecular weight excluding hydrogens is 234 g/mol. The molecule has 0 radical (unpaired) electrons. The monoisotopic (exact) mass is 253 g/mol. The number of hydrogen-bond acceptors (Lipinski definition) is 5. The molecule has 18 heavy (non-hydrogen) atoms. The van der Waals surface area contributed by atoms with E-state index >= 15 is 0 Å². The van der Waals surface area contributed by atoms with E-state index in [0.717, 1.165) is 13.0 Å². The van der Waals surface area contributed by atoms with Gasteiger partial charge in [0.05, 0.1) is 12.0 Å². The zero-order valence-corrected chi connectivity index (χ0v) is 11.0. The molecule has 1 N–H and O–H groups in total. The molecule has 0 heterocycles. The second-order valence-electron chi connectivity index (χ2n) is 4.20. The van der Waals surface area contributed by atoms with Gasteiger partial charge in [0, 0.05) is 6.54 Å². The van der Waals surface area contributed by atoms with E-state index in [-0.39, 0.29) is 11.4 Å². The van der Waals surface area contributed by atoms with E-state index in [9.17, 15) is 10.1 Å². The minimum absolute atomic E-state index is 0.00940. The van der Waals surface area contributed by atoms with Crippen LogP contribution in [0.4, 0.5) is 11.4 Å². The normalized spacial score (nSPS) is 10.4. The lowest BCUT2D eigenvalue weighted by atomic mass is 10.2. The number of nitro groups is 1. The number of rotatable bonds is 7. The molecule has 0 aliphatic rings. The number of ether oxygens (including phenoxy) is 1. The Hall–Kier alpha value is -1.82. The van der Waals surface area contributed by atoms with Gasteiger partial charge in [0.2, 0.25) is 0 Å². The quantitative estimate of drug-likeness (QED) is 0.457. The maximum atomic E-state index is 11.0. The Kier molecular flexibility index (Phi) is 5.38. The number of hydrogen-bond donors (Lipinski definition) is 1. The number of methoxy groups -OCH3 is 1. The first kappa shape index (κ1) is 14.2. The van der Waals surface area contributed by atoms with Crippen LogP contribution in [0.25, 0.3) is 0 Å². The lowest BCUT2D eigenvalue weighted by Crippen LogP contribution is -2.16. The lowest BCUT2D eigenvalue weighted by Gasteiger charge is -2.11. The van der Waals surface area contributed by atoms with Crippen LogP contribution in [0.5, 0.6) is 5.75 Å². The van der Waals surface area contributed by atoms with E-state index in [1.165, 1.54) is 7.11 Å². The van der Waals surface area contributed by atoms with Crippen LogP contribution in [-0.2, 0) is 0 Å².